The number of carbonyl (C=O) groups excluding carboxylic acids is 1. The molecular weight excluding hydrogens is 230 g/mol. The molecule has 1 amide bonds. The van der Waals surface area contributed by atoms with Gasteiger partial charge in [-0.15, -0.1) is 10.2 Å². The molecule has 2 rings (SSSR count). The van der Waals surface area contributed by atoms with E-state index in [2.05, 4.69) is 20.9 Å². The van der Waals surface area contributed by atoms with Gasteiger partial charge in [-0.05, 0) is 38.1 Å². The monoisotopic (exact) mass is 245 g/mol. The molecule has 94 valence electrons. The molecule has 2 heterocycles. The van der Waals surface area contributed by atoms with Crippen LogP contribution in [0.5, 0.6) is 0 Å². The van der Waals surface area contributed by atoms with Gasteiger partial charge < -0.3 is 5.32 Å². The van der Waals surface area contributed by atoms with E-state index in [9.17, 15) is 4.79 Å². The first-order chi connectivity index (χ1) is 8.61. The lowest BCUT2D eigenvalue weighted by molar-refractivity contribution is 0.0957. The fourth-order valence-electron chi connectivity index (χ4n) is 1.60. The fourth-order valence-corrected chi connectivity index (χ4v) is 1.60. The number of hydrogen-bond donors (Lipinski definition) is 2. The summed E-state index contributed by atoms with van der Waals surface area (Å²) in [7, 11) is 1.56. The fraction of sp³-hybridized carbons (Fsp3) is 0.250. The van der Waals surface area contributed by atoms with Crippen LogP contribution in [0.15, 0.2) is 24.3 Å². The van der Waals surface area contributed by atoms with Crippen molar-refractivity contribution in [2.45, 2.75) is 13.8 Å². The summed E-state index contributed by atoms with van der Waals surface area (Å²) in [5.41, 5.74) is 5.56. The van der Waals surface area contributed by atoms with Gasteiger partial charge in [-0.2, -0.15) is 0 Å². The minimum Gasteiger partial charge on any atom is -0.354 e. The molecule has 0 spiro atoms. The largest absolute Gasteiger partial charge is 0.354 e. The average molecular weight is 245 g/mol. The lowest BCUT2D eigenvalue weighted by Gasteiger charge is -2.11. The van der Waals surface area contributed by atoms with Crippen molar-refractivity contribution in [3.63, 3.8) is 0 Å². The van der Waals surface area contributed by atoms with Crippen LogP contribution in [0.2, 0.25) is 0 Å². The smallest absolute Gasteiger partial charge is 0.271 e. The Labute approximate surface area is 105 Å². The van der Waals surface area contributed by atoms with Gasteiger partial charge in [0.1, 0.15) is 0 Å². The number of nitrogens with zero attached hydrogens (tertiary/aromatic N) is 3. The maximum Gasteiger partial charge on any atom is 0.271 e. The Bertz CT molecular complexity index is 539. The third-order valence-corrected chi connectivity index (χ3v) is 2.62. The van der Waals surface area contributed by atoms with Gasteiger partial charge in [0.15, 0.2) is 11.5 Å². The molecule has 0 saturated heterocycles. The van der Waals surface area contributed by atoms with Crippen LogP contribution >= 0.6 is 0 Å². The minimum atomic E-state index is -0.248. The first-order valence-electron chi connectivity index (χ1n) is 5.59. The van der Waals surface area contributed by atoms with E-state index >= 15 is 0 Å². The Morgan fingerprint density at radius 1 is 1.11 bits per heavy atom. The minimum absolute atomic E-state index is 0.248. The molecule has 2 aromatic heterocycles. The second-order valence-electron chi connectivity index (χ2n) is 3.95. The summed E-state index contributed by atoms with van der Waals surface area (Å²) in [5.74, 6) is 0.340. The van der Waals surface area contributed by atoms with Crippen molar-refractivity contribution >= 4 is 11.7 Å². The molecule has 0 atom stereocenters. The third kappa shape index (κ3) is 2.32. The number of hydrogen-bond acceptors (Lipinski definition) is 4. The number of amides is 1. The molecular formula is C12H15N5O. The first-order valence-corrected chi connectivity index (χ1v) is 5.59. The highest BCUT2D eigenvalue weighted by Gasteiger charge is 2.06. The molecule has 0 fully saturated rings. The molecule has 2 aromatic rings. The third-order valence-electron chi connectivity index (χ3n) is 2.62. The van der Waals surface area contributed by atoms with Gasteiger partial charge in [0.05, 0.1) is 0 Å². The summed E-state index contributed by atoms with van der Waals surface area (Å²) in [6, 6.07) is 7.36. The lowest BCUT2D eigenvalue weighted by Crippen LogP contribution is -2.20. The number of carbonyl (C=O) groups is 1. The van der Waals surface area contributed by atoms with Crippen molar-refractivity contribution < 1.29 is 4.79 Å². The molecule has 0 aliphatic rings. The molecule has 0 aliphatic heterocycles. The van der Waals surface area contributed by atoms with E-state index in [1.54, 1.807) is 19.2 Å². The van der Waals surface area contributed by atoms with E-state index in [0.717, 1.165) is 11.4 Å². The Morgan fingerprint density at radius 3 is 2.28 bits per heavy atom. The molecule has 0 unspecified atom stereocenters. The van der Waals surface area contributed by atoms with E-state index in [1.165, 1.54) is 0 Å². The number of aryl methyl sites for hydroxylation is 2. The van der Waals surface area contributed by atoms with E-state index in [-0.39, 0.29) is 5.91 Å². The van der Waals surface area contributed by atoms with Crippen molar-refractivity contribution in [2.24, 2.45) is 0 Å². The normalized spacial score (nSPS) is 10.2. The molecule has 18 heavy (non-hydrogen) atoms. The molecule has 0 aromatic carbocycles. The number of rotatable bonds is 3. The van der Waals surface area contributed by atoms with E-state index in [0.29, 0.717) is 11.5 Å². The van der Waals surface area contributed by atoms with Gasteiger partial charge in [-0.3, -0.25) is 14.9 Å². The molecule has 6 nitrogen and oxygen atoms in total. The van der Waals surface area contributed by atoms with Crippen LogP contribution in [0.1, 0.15) is 21.9 Å². The highest BCUT2D eigenvalue weighted by Crippen LogP contribution is 2.09. The standard InChI is InChI=1S/C12H15N5O/c1-8-4-5-9(2)17(8)16-11-7-6-10(14-15-11)12(18)13-3/h4-7H,1-3H3,(H,13,18)(H,15,16). The molecule has 6 heteroatoms. The highest BCUT2D eigenvalue weighted by atomic mass is 16.1. The summed E-state index contributed by atoms with van der Waals surface area (Å²) in [6.07, 6.45) is 0. The number of anilines is 1. The Morgan fingerprint density at radius 2 is 1.78 bits per heavy atom. The lowest BCUT2D eigenvalue weighted by atomic mass is 10.3. The van der Waals surface area contributed by atoms with Crippen molar-refractivity contribution in [3.8, 4) is 0 Å². The Hall–Kier alpha value is -2.37. The predicted molar refractivity (Wildman–Crippen MR) is 68.3 cm³/mol. The van der Waals surface area contributed by atoms with Crippen LogP contribution in [0.4, 0.5) is 5.82 Å². The topological polar surface area (TPSA) is 71.8 Å². The maximum atomic E-state index is 11.3. The van der Waals surface area contributed by atoms with Crippen molar-refractivity contribution in [3.05, 3.63) is 41.3 Å². The molecule has 0 saturated carbocycles. The summed E-state index contributed by atoms with van der Waals surface area (Å²) in [4.78, 5) is 11.3. The molecule has 2 N–H and O–H groups in total. The summed E-state index contributed by atoms with van der Waals surface area (Å²) >= 11 is 0. The van der Waals surface area contributed by atoms with Gasteiger partial charge in [-0.25, -0.2) is 0 Å². The predicted octanol–water partition coefficient (Wildman–Crippen LogP) is 1.13. The van der Waals surface area contributed by atoms with Crippen LogP contribution in [-0.2, 0) is 0 Å². The average Bonchev–Trinajstić information content (AvgIpc) is 2.70. The summed E-state index contributed by atoms with van der Waals surface area (Å²) in [6.45, 7) is 3.98. The van der Waals surface area contributed by atoms with E-state index in [1.807, 2.05) is 30.7 Å². The number of nitrogens with one attached hydrogen (secondary N) is 2. The van der Waals surface area contributed by atoms with Crippen molar-refractivity contribution in [1.82, 2.24) is 20.2 Å². The Kier molecular flexibility index (Phi) is 3.27. The zero-order valence-electron chi connectivity index (χ0n) is 10.6. The maximum absolute atomic E-state index is 11.3. The van der Waals surface area contributed by atoms with E-state index < -0.39 is 0 Å². The summed E-state index contributed by atoms with van der Waals surface area (Å²) in [5, 5.41) is 10.3. The number of aromatic nitrogens is 3. The quantitative estimate of drug-likeness (QED) is 0.850. The zero-order chi connectivity index (χ0) is 13.1. The van der Waals surface area contributed by atoms with Gasteiger partial charge >= 0.3 is 0 Å². The van der Waals surface area contributed by atoms with Crippen LogP contribution < -0.4 is 10.7 Å². The second-order valence-corrected chi connectivity index (χ2v) is 3.95. The van der Waals surface area contributed by atoms with Gasteiger partial charge in [0, 0.05) is 18.4 Å². The zero-order valence-corrected chi connectivity index (χ0v) is 10.6. The van der Waals surface area contributed by atoms with E-state index in [4.69, 9.17) is 0 Å². The first kappa shape index (κ1) is 12.1. The summed E-state index contributed by atoms with van der Waals surface area (Å²) < 4.78 is 1.91. The molecule has 0 aliphatic carbocycles. The van der Waals surface area contributed by atoms with Crippen LogP contribution in [0.3, 0.4) is 0 Å². The van der Waals surface area contributed by atoms with Gasteiger partial charge in [-0.1, -0.05) is 0 Å². The SMILES string of the molecule is CNC(=O)c1ccc(Nn2c(C)ccc2C)nn1. The highest BCUT2D eigenvalue weighted by molar-refractivity contribution is 5.91. The van der Waals surface area contributed by atoms with Gasteiger partial charge in [0.25, 0.3) is 5.91 Å². The molecule has 0 radical (unpaired) electrons. The van der Waals surface area contributed by atoms with Crippen LogP contribution in [0.25, 0.3) is 0 Å². The van der Waals surface area contributed by atoms with Crippen molar-refractivity contribution in [1.29, 1.82) is 0 Å². The Balaban J connectivity index is 2.18. The van der Waals surface area contributed by atoms with Crippen LogP contribution in [-0.4, -0.2) is 27.8 Å². The van der Waals surface area contributed by atoms with Crippen molar-refractivity contribution in [2.75, 3.05) is 12.5 Å². The molecule has 0 bridgehead atoms. The van der Waals surface area contributed by atoms with Gasteiger partial charge in [0.2, 0.25) is 0 Å². The second kappa shape index (κ2) is 4.87. The van der Waals surface area contributed by atoms with Crippen LogP contribution in [0, 0.1) is 13.8 Å².